The van der Waals surface area contributed by atoms with Gasteiger partial charge >= 0.3 is 0 Å². The first-order valence-corrected chi connectivity index (χ1v) is 7.92. The molecule has 3 unspecified atom stereocenters. The Morgan fingerprint density at radius 2 is 2.29 bits per heavy atom. The van der Waals surface area contributed by atoms with Crippen molar-refractivity contribution in [1.82, 2.24) is 0 Å². The first-order valence-electron chi connectivity index (χ1n) is 7.04. The molecule has 2 aliphatic heterocycles. The highest BCUT2D eigenvalue weighted by Crippen LogP contribution is 2.44. The maximum atomic E-state index is 13.6. The van der Waals surface area contributed by atoms with E-state index in [9.17, 15) is 4.39 Å². The molecule has 0 N–H and O–H groups in total. The maximum absolute atomic E-state index is 13.6. The largest absolute Gasteiger partial charge is 0.486 e. The summed E-state index contributed by atoms with van der Waals surface area (Å²) < 4.78 is 25.1. The predicted molar refractivity (Wildman–Crippen MR) is 81.7 cm³/mol. The quantitative estimate of drug-likeness (QED) is 0.767. The van der Waals surface area contributed by atoms with Crippen LogP contribution in [0.4, 0.5) is 4.39 Å². The van der Waals surface area contributed by atoms with Crippen LogP contribution in [-0.2, 0) is 4.74 Å². The number of hydrogen-bond donors (Lipinski definition) is 0. The van der Waals surface area contributed by atoms with E-state index in [0.717, 1.165) is 6.42 Å². The number of rotatable bonds is 2. The Hall–Kier alpha value is -1.52. The van der Waals surface area contributed by atoms with Crippen LogP contribution in [0.2, 0.25) is 0 Å². The van der Waals surface area contributed by atoms with Crippen molar-refractivity contribution in [3.05, 3.63) is 63.7 Å². The van der Waals surface area contributed by atoms with Gasteiger partial charge in [0.15, 0.2) is 0 Å². The van der Waals surface area contributed by atoms with Crippen LogP contribution in [0.1, 0.15) is 12.0 Å². The molecular formula is C17H15FO2S. The summed E-state index contributed by atoms with van der Waals surface area (Å²) in [5, 5.41) is 2.09. The van der Waals surface area contributed by atoms with Crippen molar-refractivity contribution in [3.8, 4) is 5.75 Å². The number of benzene rings is 1. The summed E-state index contributed by atoms with van der Waals surface area (Å²) in [6.07, 6.45) is 7.53. The summed E-state index contributed by atoms with van der Waals surface area (Å²) in [5.41, 5.74) is 1.84. The average molecular weight is 302 g/mol. The van der Waals surface area contributed by atoms with Gasteiger partial charge in [0.1, 0.15) is 29.9 Å². The molecule has 1 aromatic rings. The van der Waals surface area contributed by atoms with Gasteiger partial charge in [-0.05, 0) is 41.7 Å². The zero-order chi connectivity index (χ0) is 14.4. The topological polar surface area (TPSA) is 21.8 Å². The van der Waals surface area contributed by atoms with E-state index in [-0.39, 0.29) is 24.1 Å². The van der Waals surface area contributed by atoms with Gasteiger partial charge in [-0.2, -0.15) is 0 Å². The summed E-state index contributed by atoms with van der Waals surface area (Å²) >= 11 is 1.73. The van der Waals surface area contributed by atoms with Crippen LogP contribution >= 0.6 is 11.8 Å². The molecule has 2 heterocycles. The average Bonchev–Trinajstić information content (AvgIpc) is 3.24. The molecule has 1 aliphatic carbocycles. The second-order valence-corrected chi connectivity index (χ2v) is 6.41. The summed E-state index contributed by atoms with van der Waals surface area (Å²) in [4.78, 5) is 1.26. The highest BCUT2D eigenvalue weighted by Gasteiger charge is 2.43. The van der Waals surface area contributed by atoms with Gasteiger partial charge in [-0.15, -0.1) is 0 Å². The summed E-state index contributed by atoms with van der Waals surface area (Å²) in [7, 11) is 0. The smallest absolute Gasteiger partial charge is 0.129 e. The molecule has 1 aromatic carbocycles. The van der Waals surface area contributed by atoms with Crippen molar-refractivity contribution in [2.75, 3.05) is 0 Å². The molecule has 0 radical (unpaired) electrons. The third-order valence-corrected chi connectivity index (χ3v) is 4.86. The lowest BCUT2D eigenvalue weighted by atomic mass is 10.0. The second-order valence-electron chi connectivity index (χ2n) is 5.46. The first-order chi connectivity index (χ1) is 10.2. The minimum Gasteiger partial charge on any atom is -0.486 e. The van der Waals surface area contributed by atoms with Crippen LogP contribution in [0, 0.1) is 12.7 Å². The van der Waals surface area contributed by atoms with E-state index in [4.69, 9.17) is 9.47 Å². The third-order valence-electron chi connectivity index (χ3n) is 3.91. The molecule has 21 heavy (non-hydrogen) atoms. The first kappa shape index (κ1) is 13.2. The minimum absolute atomic E-state index is 0.0607. The van der Waals surface area contributed by atoms with Crippen molar-refractivity contribution >= 4 is 11.8 Å². The van der Waals surface area contributed by atoms with E-state index in [2.05, 4.69) is 23.6 Å². The fraction of sp³-hybridized carbons (Fsp3) is 0.294. The van der Waals surface area contributed by atoms with Gasteiger partial charge in [0.2, 0.25) is 0 Å². The molecule has 0 amide bonds. The Morgan fingerprint density at radius 1 is 1.38 bits per heavy atom. The fourth-order valence-electron chi connectivity index (χ4n) is 2.66. The van der Waals surface area contributed by atoms with Crippen molar-refractivity contribution in [2.45, 2.75) is 31.7 Å². The lowest BCUT2D eigenvalue weighted by molar-refractivity contribution is 0.248. The lowest BCUT2D eigenvalue weighted by Gasteiger charge is -2.21. The van der Waals surface area contributed by atoms with Gasteiger partial charge in [0.05, 0.1) is 0 Å². The Kier molecular flexibility index (Phi) is 3.16. The van der Waals surface area contributed by atoms with Gasteiger partial charge < -0.3 is 9.47 Å². The molecule has 1 saturated heterocycles. The number of hydrogen-bond acceptors (Lipinski definition) is 3. The monoisotopic (exact) mass is 302 g/mol. The van der Waals surface area contributed by atoms with Crippen molar-refractivity contribution in [1.29, 1.82) is 0 Å². The molecule has 0 saturated carbocycles. The molecule has 0 spiro atoms. The number of aryl methyl sites for hydroxylation is 1. The van der Waals surface area contributed by atoms with Gasteiger partial charge in [0.25, 0.3) is 0 Å². The number of epoxide rings is 1. The second kappa shape index (κ2) is 5.04. The molecule has 108 valence electrons. The van der Waals surface area contributed by atoms with E-state index < -0.39 is 0 Å². The van der Waals surface area contributed by atoms with Crippen molar-refractivity contribution in [2.24, 2.45) is 0 Å². The van der Waals surface area contributed by atoms with Gasteiger partial charge in [0, 0.05) is 17.4 Å². The third kappa shape index (κ3) is 2.54. The number of thioether (sulfide) groups is 1. The molecule has 0 bridgehead atoms. The van der Waals surface area contributed by atoms with Crippen molar-refractivity contribution in [3.63, 3.8) is 0 Å². The van der Waals surface area contributed by atoms with E-state index in [1.807, 2.05) is 6.07 Å². The van der Waals surface area contributed by atoms with Gasteiger partial charge in [-0.1, -0.05) is 23.9 Å². The number of fused-ring (bicyclic) bond motifs is 3. The van der Waals surface area contributed by atoms with Crippen LogP contribution in [-0.4, -0.2) is 18.3 Å². The Morgan fingerprint density at radius 3 is 3.14 bits per heavy atom. The number of ether oxygens (including phenoxy) is 2. The fourth-order valence-corrected chi connectivity index (χ4v) is 3.55. The van der Waals surface area contributed by atoms with Crippen molar-refractivity contribution < 1.29 is 13.9 Å². The minimum atomic E-state index is -0.230. The molecule has 4 heteroatoms. The molecule has 0 aromatic heterocycles. The SMILES string of the molecule is Cc1ccc(OC2C=C3C(=CC2)SC=CC2OC32)cc1F. The zero-order valence-corrected chi connectivity index (χ0v) is 12.4. The summed E-state index contributed by atoms with van der Waals surface area (Å²) in [6.45, 7) is 1.75. The Labute approximate surface area is 127 Å². The van der Waals surface area contributed by atoms with E-state index >= 15 is 0 Å². The van der Waals surface area contributed by atoms with E-state index in [1.165, 1.54) is 16.5 Å². The summed E-state index contributed by atoms with van der Waals surface area (Å²) in [5.74, 6) is 0.344. The number of halogens is 1. The van der Waals surface area contributed by atoms with Crippen LogP contribution in [0.15, 0.2) is 52.3 Å². The highest BCUT2D eigenvalue weighted by molar-refractivity contribution is 8.06. The molecular weight excluding hydrogens is 287 g/mol. The molecule has 3 atom stereocenters. The summed E-state index contributed by atoms with van der Waals surface area (Å²) in [6, 6.07) is 5.01. The lowest BCUT2D eigenvalue weighted by Crippen LogP contribution is -2.18. The van der Waals surface area contributed by atoms with E-state index in [1.54, 1.807) is 24.8 Å². The molecule has 3 aliphatic rings. The molecule has 1 fully saturated rings. The maximum Gasteiger partial charge on any atom is 0.129 e. The van der Waals surface area contributed by atoms with Gasteiger partial charge in [-0.3, -0.25) is 0 Å². The van der Waals surface area contributed by atoms with Crippen LogP contribution in [0.5, 0.6) is 5.75 Å². The van der Waals surface area contributed by atoms with Gasteiger partial charge in [-0.25, -0.2) is 4.39 Å². The predicted octanol–water partition coefficient (Wildman–Crippen LogP) is 4.12. The normalized spacial score (nSPS) is 29.7. The Balaban J connectivity index is 1.54. The van der Waals surface area contributed by atoms with Crippen LogP contribution in [0.25, 0.3) is 0 Å². The molecule has 2 nitrogen and oxygen atoms in total. The molecule has 4 rings (SSSR count). The highest BCUT2D eigenvalue weighted by atomic mass is 32.2. The van der Waals surface area contributed by atoms with Crippen LogP contribution in [0.3, 0.4) is 0 Å². The van der Waals surface area contributed by atoms with E-state index in [0.29, 0.717) is 11.3 Å². The Bertz CT molecular complexity index is 677. The zero-order valence-electron chi connectivity index (χ0n) is 11.6. The standard InChI is InChI=1S/C17H15FO2S/c1-10-2-3-12(9-14(10)18)19-11-4-5-16-13(8-11)17-15(20-17)6-7-21-16/h2-3,5-9,11,15,17H,4H2,1H3. The van der Waals surface area contributed by atoms with Crippen LogP contribution < -0.4 is 4.74 Å².